The van der Waals surface area contributed by atoms with Crippen molar-refractivity contribution in [2.75, 3.05) is 4.90 Å². The summed E-state index contributed by atoms with van der Waals surface area (Å²) >= 11 is 0. The maximum Gasteiger partial charge on any atom is 0.260 e. The zero-order valence-electron chi connectivity index (χ0n) is 21.2. The molecule has 6 rings (SSSR count). The zero-order chi connectivity index (χ0) is 26.6. The van der Waals surface area contributed by atoms with Crippen molar-refractivity contribution in [1.82, 2.24) is 29.3 Å². The lowest BCUT2D eigenvalue weighted by atomic mass is 9.96. The van der Waals surface area contributed by atoms with Crippen molar-refractivity contribution in [1.29, 1.82) is 0 Å². The summed E-state index contributed by atoms with van der Waals surface area (Å²) in [5.74, 6) is 1.33. The number of anilines is 1. The van der Waals surface area contributed by atoms with Crippen LogP contribution in [0.1, 0.15) is 33.0 Å². The molecule has 0 spiro atoms. The lowest BCUT2D eigenvalue weighted by Gasteiger charge is -2.17. The van der Waals surface area contributed by atoms with E-state index in [4.69, 9.17) is 0 Å². The molecule has 38 heavy (non-hydrogen) atoms. The summed E-state index contributed by atoms with van der Waals surface area (Å²) < 4.78 is 17.8. The molecule has 1 aliphatic heterocycles. The number of carbonyl (C=O) groups excluding carboxylic acids is 1. The lowest BCUT2D eigenvalue weighted by Crippen LogP contribution is -2.24. The molecule has 0 radical (unpaired) electrons. The third-order valence-electron chi connectivity index (χ3n) is 6.81. The lowest BCUT2D eigenvalue weighted by molar-refractivity contribution is 0.0996. The molecule has 0 saturated heterocycles. The SMILES string of the molecule is C=C(c1cc(C)nc(N2Cc3ccc(-c4ccc(F)cc4-c4nncn4C)cc3C2=O)c1)c1nccn1C. The number of benzene rings is 2. The summed E-state index contributed by atoms with van der Waals surface area (Å²) in [7, 11) is 3.72. The van der Waals surface area contributed by atoms with Crippen molar-refractivity contribution in [3.05, 3.63) is 108 Å². The Labute approximate surface area is 218 Å². The van der Waals surface area contributed by atoms with E-state index in [-0.39, 0.29) is 11.7 Å². The maximum absolute atomic E-state index is 14.2. The Morgan fingerprint density at radius 2 is 1.84 bits per heavy atom. The summed E-state index contributed by atoms with van der Waals surface area (Å²) in [6.45, 7) is 6.53. The molecule has 1 amide bonds. The van der Waals surface area contributed by atoms with Crippen LogP contribution in [-0.2, 0) is 20.6 Å². The number of hydrogen-bond donors (Lipinski definition) is 0. The molecule has 5 aromatic rings. The maximum atomic E-state index is 14.2. The summed E-state index contributed by atoms with van der Waals surface area (Å²) in [5.41, 5.74) is 6.02. The van der Waals surface area contributed by atoms with Gasteiger partial charge in [0.1, 0.15) is 23.8 Å². The minimum Gasteiger partial charge on any atom is -0.334 e. The number of hydrogen-bond acceptors (Lipinski definition) is 5. The van der Waals surface area contributed by atoms with Gasteiger partial charge in [-0.25, -0.2) is 14.4 Å². The smallest absolute Gasteiger partial charge is 0.260 e. The van der Waals surface area contributed by atoms with Crippen LogP contribution in [0.5, 0.6) is 0 Å². The molecule has 4 heterocycles. The number of nitrogens with zero attached hydrogens (tertiary/aromatic N) is 7. The van der Waals surface area contributed by atoms with Crippen LogP contribution in [0.2, 0.25) is 0 Å². The molecule has 1 aliphatic rings. The van der Waals surface area contributed by atoms with Gasteiger partial charge in [0, 0.05) is 48.9 Å². The van der Waals surface area contributed by atoms with E-state index in [9.17, 15) is 9.18 Å². The van der Waals surface area contributed by atoms with Gasteiger partial charge in [-0.05, 0) is 59.5 Å². The topological polar surface area (TPSA) is 81.7 Å². The number of rotatable bonds is 5. The molecule has 0 aliphatic carbocycles. The molecule has 9 heteroatoms. The van der Waals surface area contributed by atoms with Crippen molar-refractivity contribution in [3.8, 4) is 22.5 Å². The normalized spacial score (nSPS) is 12.7. The highest BCUT2D eigenvalue weighted by atomic mass is 19.1. The van der Waals surface area contributed by atoms with Crippen molar-refractivity contribution >= 4 is 17.3 Å². The van der Waals surface area contributed by atoms with Gasteiger partial charge in [0.25, 0.3) is 5.91 Å². The van der Waals surface area contributed by atoms with Gasteiger partial charge in [-0.2, -0.15) is 0 Å². The largest absolute Gasteiger partial charge is 0.334 e. The van der Waals surface area contributed by atoms with Crippen molar-refractivity contribution in [3.63, 3.8) is 0 Å². The van der Waals surface area contributed by atoms with Crippen LogP contribution in [0.15, 0.2) is 73.8 Å². The van der Waals surface area contributed by atoms with Crippen LogP contribution >= 0.6 is 0 Å². The zero-order valence-corrected chi connectivity index (χ0v) is 21.2. The number of aryl methyl sites for hydroxylation is 3. The molecule has 0 atom stereocenters. The molecular formula is C29H24FN7O. The Morgan fingerprint density at radius 3 is 2.58 bits per heavy atom. The van der Waals surface area contributed by atoms with E-state index >= 15 is 0 Å². The van der Waals surface area contributed by atoms with Gasteiger partial charge in [-0.3, -0.25) is 9.69 Å². The number of pyridine rings is 1. The van der Waals surface area contributed by atoms with Gasteiger partial charge < -0.3 is 9.13 Å². The summed E-state index contributed by atoms with van der Waals surface area (Å²) in [6, 6.07) is 14.1. The summed E-state index contributed by atoms with van der Waals surface area (Å²) in [6.07, 6.45) is 5.16. The number of amides is 1. The van der Waals surface area contributed by atoms with Gasteiger partial charge in [0.2, 0.25) is 0 Å². The second-order valence-electron chi connectivity index (χ2n) is 9.41. The van der Waals surface area contributed by atoms with Crippen LogP contribution < -0.4 is 4.90 Å². The number of carbonyl (C=O) groups is 1. The predicted molar refractivity (Wildman–Crippen MR) is 143 cm³/mol. The summed E-state index contributed by atoms with van der Waals surface area (Å²) in [5, 5.41) is 8.09. The van der Waals surface area contributed by atoms with Gasteiger partial charge in [-0.15, -0.1) is 10.2 Å². The van der Waals surface area contributed by atoms with E-state index in [1.54, 1.807) is 35.1 Å². The molecule has 8 nitrogen and oxygen atoms in total. The molecule has 2 aromatic carbocycles. The van der Waals surface area contributed by atoms with Crippen LogP contribution in [0.3, 0.4) is 0 Å². The highest BCUT2D eigenvalue weighted by Gasteiger charge is 2.30. The number of halogens is 1. The Hall–Kier alpha value is -4.92. The van der Waals surface area contributed by atoms with E-state index in [0.29, 0.717) is 29.3 Å². The van der Waals surface area contributed by atoms with Gasteiger partial charge in [-0.1, -0.05) is 24.8 Å². The number of imidazole rings is 1. The van der Waals surface area contributed by atoms with Crippen LogP contribution in [0.25, 0.3) is 28.1 Å². The molecule has 3 aromatic heterocycles. The first kappa shape index (κ1) is 23.5. The second-order valence-corrected chi connectivity index (χ2v) is 9.41. The van der Waals surface area contributed by atoms with Crippen LogP contribution in [0, 0.1) is 12.7 Å². The van der Waals surface area contributed by atoms with Crippen molar-refractivity contribution in [2.45, 2.75) is 13.5 Å². The minimum absolute atomic E-state index is 0.143. The Bertz CT molecular complexity index is 1750. The third kappa shape index (κ3) is 3.88. The Kier molecular flexibility index (Phi) is 5.48. The average molecular weight is 506 g/mol. The Morgan fingerprint density at radius 1 is 1.00 bits per heavy atom. The van der Waals surface area contributed by atoms with Crippen molar-refractivity contribution in [2.24, 2.45) is 14.1 Å². The van der Waals surface area contributed by atoms with Gasteiger partial charge >= 0.3 is 0 Å². The van der Waals surface area contributed by atoms with Crippen molar-refractivity contribution < 1.29 is 9.18 Å². The fourth-order valence-corrected chi connectivity index (χ4v) is 4.88. The number of aromatic nitrogens is 6. The molecule has 188 valence electrons. The van der Waals surface area contributed by atoms with Gasteiger partial charge in [0.05, 0.1) is 6.54 Å². The quantitative estimate of drug-likeness (QED) is 0.338. The highest BCUT2D eigenvalue weighted by Crippen LogP contribution is 2.36. The first-order valence-electron chi connectivity index (χ1n) is 12.0. The summed E-state index contributed by atoms with van der Waals surface area (Å²) in [4.78, 5) is 24.4. The van der Waals surface area contributed by atoms with Crippen LogP contribution in [-0.4, -0.2) is 35.2 Å². The highest BCUT2D eigenvalue weighted by molar-refractivity contribution is 6.10. The van der Waals surface area contributed by atoms with E-state index < -0.39 is 0 Å². The second kappa shape index (κ2) is 8.88. The molecule has 0 N–H and O–H groups in total. The molecular weight excluding hydrogens is 481 g/mol. The fraction of sp³-hybridized carbons (Fsp3) is 0.138. The molecule has 0 fully saturated rings. The third-order valence-corrected chi connectivity index (χ3v) is 6.81. The fourth-order valence-electron chi connectivity index (χ4n) is 4.88. The van der Waals surface area contributed by atoms with Gasteiger partial charge in [0.15, 0.2) is 5.82 Å². The molecule has 0 saturated carbocycles. The molecule has 0 unspecified atom stereocenters. The first-order valence-corrected chi connectivity index (χ1v) is 12.0. The predicted octanol–water partition coefficient (Wildman–Crippen LogP) is 4.95. The molecule has 0 bridgehead atoms. The van der Waals surface area contributed by atoms with E-state index in [2.05, 4.69) is 26.7 Å². The van der Waals surface area contributed by atoms with Crippen LogP contribution in [0.4, 0.5) is 10.2 Å². The Balaban J connectivity index is 1.37. The van der Waals surface area contributed by atoms with E-state index in [0.717, 1.165) is 39.3 Å². The standard InChI is InChI=1S/C29H24FN7O/c1-17-11-21(18(2)27-31-9-10-35(27)3)13-26(33-17)37-15-20-6-5-19(12-24(20)29(37)38)23-8-7-22(30)14-25(23)28-34-32-16-36(28)4/h5-14,16H,2,15H2,1,3-4H3. The number of fused-ring (bicyclic) bond motifs is 1. The first-order chi connectivity index (χ1) is 18.3. The van der Waals surface area contributed by atoms with E-state index in [1.807, 2.05) is 55.1 Å². The van der Waals surface area contributed by atoms with E-state index in [1.165, 1.54) is 12.1 Å². The minimum atomic E-state index is -0.372. The average Bonchev–Trinajstić information content (AvgIpc) is 3.61. The monoisotopic (exact) mass is 505 g/mol.